The lowest BCUT2D eigenvalue weighted by Crippen LogP contribution is -2.05. The second-order valence-electron chi connectivity index (χ2n) is 3.58. The molecule has 0 saturated heterocycles. The Labute approximate surface area is 82.2 Å². The minimum absolute atomic E-state index is 0.252. The van der Waals surface area contributed by atoms with Gasteiger partial charge in [0, 0.05) is 5.92 Å². The van der Waals surface area contributed by atoms with Crippen molar-refractivity contribution in [2.45, 2.75) is 38.0 Å². The lowest BCUT2D eigenvalue weighted by Gasteiger charge is -2.18. The molecule has 1 aliphatic carbocycles. The Hall–Kier alpha value is -0.700. The molecule has 0 spiro atoms. The van der Waals surface area contributed by atoms with E-state index in [2.05, 4.69) is 5.16 Å². The lowest BCUT2D eigenvalue weighted by molar-refractivity contribution is 0.387. The van der Waals surface area contributed by atoms with Crippen molar-refractivity contribution in [3.05, 3.63) is 10.7 Å². The highest BCUT2D eigenvalue weighted by molar-refractivity contribution is 6.33. The molecule has 2 N–H and O–H groups in total. The van der Waals surface area contributed by atoms with Gasteiger partial charge in [-0.1, -0.05) is 36.0 Å². The van der Waals surface area contributed by atoms with Crippen molar-refractivity contribution in [2.75, 3.05) is 5.73 Å². The van der Waals surface area contributed by atoms with Gasteiger partial charge in [0.2, 0.25) is 5.88 Å². The fraction of sp³-hybridized carbons (Fsp3) is 0.667. The molecule has 1 aliphatic rings. The van der Waals surface area contributed by atoms with Crippen LogP contribution in [0.2, 0.25) is 5.02 Å². The van der Waals surface area contributed by atoms with Crippen LogP contribution in [0.3, 0.4) is 0 Å². The normalized spacial score (nSPS) is 19.2. The molecule has 0 unspecified atom stereocenters. The van der Waals surface area contributed by atoms with E-state index < -0.39 is 0 Å². The number of nitrogens with zero attached hydrogens (tertiary/aromatic N) is 1. The van der Waals surface area contributed by atoms with Crippen molar-refractivity contribution in [3.8, 4) is 0 Å². The molecule has 1 saturated carbocycles. The van der Waals surface area contributed by atoms with Crippen LogP contribution in [0.4, 0.5) is 5.88 Å². The zero-order valence-corrected chi connectivity index (χ0v) is 8.18. The fourth-order valence-electron chi connectivity index (χ4n) is 1.93. The third-order valence-corrected chi connectivity index (χ3v) is 3.06. The van der Waals surface area contributed by atoms with E-state index in [-0.39, 0.29) is 5.88 Å². The standard InChI is InChI=1S/C9H13ClN2O/c10-7-8(12-13-9(7)11)6-4-2-1-3-5-6/h6H,1-5,11H2. The molecular formula is C9H13ClN2O. The van der Waals surface area contributed by atoms with Gasteiger partial charge in [0.15, 0.2) is 0 Å². The highest BCUT2D eigenvalue weighted by Gasteiger charge is 2.23. The summed E-state index contributed by atoms with van der Waals surface area (Å²) >= 11 is 5.96. The third kappa shape index (κ3) is 1.66. The van der Waals surface area contributed by atoms with E-state index >= 15 is 0 Å². The van der Waals surface area contributed by atoms with Crippen molar-refractivity contribution in [3.63, 3.8) is 0 Å². The number of rotatable bonds is 1. The zero-order valence-electron chi connectivity index (χ0n) is 7.42. The maximum Gasteiger partial charge on any atom is 0.241 e. The topological polar surface area (TPSA) is 52.0 Å². The Morgan fingerprint density at radius 2 is 2.00 bits per heavy atom. The highest BCUT2D eigenvalue weighted by Crippen LogP contribution is 2.37. The second-order valence-corrected chi connectivity index (χ2v) is 3.96. The van der Waals surface area contributed by atoms with Crippen LogP contribution in [0.25, 0.3) is 0 Å². The molecule has 1 fully saturated rings. The highest BCUT2D eigenvalue weighted by atomic mass is 35.5. The number of aromatic nitrogens is 1. The van der Waals surface area contributed by atoms with E-state index in [4.69, 9.17) is 21.9 Å². The third-order valence-electron chi connectivity index (χ3n) is 2.68. The molecule has 0 radical (unpaired) electrons. The van der Waals surface area contributed by atoms with Crippen molar-refractivity contribution < 1.29 is 4.52 Å². The van der Waals surface area contributed by atoms with Gasteiger partial charge in [-0.2, -0.15) is 0 Å². The first-order valence-corrected chi connectivity index (χ1v) is 5.07. The number of nitrogen functional groups attached to an aromatic ring is 1. The van der Waals surface area contributed by atoms with E-state index in [1.807, 2.05) is 0 Å². The summed E-state index contributed by atoms with van der Waals surface area (Å²) < 4.78 is 4.84. The zero-order chi connectivity index (χ0) is 9.26. The fourth-order valence-corrected chi connectivity index (χ4v) is 2.16. The number of nitrogens with two attached hydrogens (primary N) is 1. The second kappa shape index (κ2) is 3.58. The monoisotopic (exact) mass is 200 g/mol. The van der Waals surface area contributed by atoms with Crippen LogP contribution in [0, 0.1) is 0 Å². The summed E-state index contributed by atoms with van der Waals surface area (Å²) in [5.41, 5.74) is 6.35. The molecule has 72 valence electrons. The smallest absolute Gasteiger partial charge is 0.241 e. The minimum Gasteiger partial charge on any atom is -0.366 e. The maximum atomic E-state index is 5.96. The number of hydrogen-bond acceptors (Lipinski definition) is 3. The molecular weight excluding hydrogens is 188 g/mol. The Morgan fingerprint density at radius 1 is 1.31 bits per heavy atom. The molecule has 0 aliphatic heterocycles. The lowest BCUT2D eigenvalue weighted by atomic mass is 9.87. The van der Waals surface area contributed by atoms with Crippen molar-refractivity contribution in [1.29, 1.82) is 0 Å². The number of anilines is 1. The Morgan fingerprint density at radius 3 is 2.54 bits per heavy atom. The van der Waals surface area contributed by atoms with Crippen LogP contribution in [-0.4, -0.2) is 5.16 Å². The summed E-state index contributed by atoms with van der Waals surface area (Å²) in [7, 11) is 0. The summed E-state index contributed by atoms with van der Waals surface area (Å²) in [4.78, 5) is 0. The van der Waals surface area contributed by atoms with Crippen molar-refractivity contribution in [1.82, 2.24) is 5.16 Å². The van der Waals surface area contributed by atoms with Gasteiger partial charge in [-0.3, -0.25) is 0 Å². The quantitative estimate of drug-likeness (QED) is 0.759. The molecule has 3 nitrogen and oxygen atoms in total. The maximum absolute atomic E-state index is 5.96. The van der Waals surface area contributed by atoms with Gasteiger partial charge in [0.25, 0.3) is 0 Å². The Balaban J connectivity index is 2.18. The van der Waals surface area contributed by atoms with E-state index in [1.54, 1.807) is 0 Å². The molecule has 2 rings (SSSR count). The van der Waals surface area contributed by atoms with Gasteiger partial charge < -0.3 is 10.3 Å². The van der Waals surface area contributed by atoms with Crippen LogP contribution in [0.15, 0.2) is 4.52 Å². The predicted molar refractivity (Wildman–Crippen MR) is 51.8 cm³/mol. The van der Waals surface area contributed by atoms with E-state index in [1.165, 1.54) is 19.3 Å². The molecule has 1 aromatic heterocycles. The molecule has 13 heavy (non-hydrogen) atoms. The van der Waals surface area contributed by atoms with Crippen LogP contribution in [0.5, 0.6) is 0 Å². The molecule has 1 aromatic rings. The Bertz CT molecular complexity index is 292. The predicted octanol–water partition coefficient (Wildman–Crippen LogP) is 2.96. The SMILES string of the molecule is Nc1onc(C2CCCCC2)c1Cl. The molecule has 1 heterocycles. The summed E-state index contributed by atoms with van der Waals surface area (Å²) in [6.07, 6.45) is 6.15. The molecule has 0 aromatic carbocycles. The molecule has 0 bridgehead atoms. The number of halogens is 1. The van der Waals surface area contributed by atoms with Gasteiger partial charge in [0.1, 0.15) is 10.7 Å². The first kappa shape index (κ1) is 8.88. The molecule has 0 atom stereocenters. The largest absolute Gasteiger partial charge is 0.366 e. The Kier molecular flexibility index (Phi) is 2.44. The van der Waals surface area contributed by atoms with E-state index in [9.17, 15) is 0 Å². The number of hydrogen-bond donors (Lipinski definition) is 1. The van der Waals surface area contributed by atoms with Crippen LogP contribution in [0.1, 0.15) is 43.7 Å². The van der Waals surface area contributed by atoms with Crippen molar-refractivity contribution >= 4 is 17.5 Å². The summed E-state index contributed by atoms with van der Waals surface area (Å²) in [6, 6.07) is 0. The summed E-state index contributed by atoms with van der Waals surface area (Å²) in [5, 5.41) is 4.43. The summed E-state index contributed by atoms with van der Waals surface area (Å²) in [6.45, 7) is 0. The van der Waals surface area contributed by atoms with Gasteiger partial charge in [-0.15, -0.1) is 0 Å². The van der Waals surface area contributed by atoms with Gasteiger partial charge in [-0.05, 0) is 12.8 Å². The van der Waals surface area contributed by atoms with Crippen molar-refractivity contribution in [2.24, 2.45) is 0 Å². The van der Waals surface area contributed by atoms with Gasteiger partial charge >= 0.3 is 0 Å². The molecule has 0 amide bonds. The molecule has 4 heteroatoms. The van der Waals surface area contributed by atoms with Gasteiger partial charge in [0.05, 0.1) is 0 Å². The average molecular weight is 201 g/mol. The first-order chi connectivity index (χ1) is 6.29. The van der Waals surface area contributed by atoms with E-state index in [0.29, 0.717) is 10.9 Å². The summed E-state index contributed by atoms with van der Waals surface area (Å²) in [5.74, 6) is 0.713. The average Bonchev–Trinajstić information content (AvgIpc) is 2.49. The van der Waals surface area contributed by atoms with Crippen LogP contribution < -0.4 is 5.73 Å². The van der Waals surface area contributed by atoms with Crippen LogP contribution in [-0.2, 0) is 0 Å². The van der Waals surface area contributed by atoms with E-state index in [0.717, 1.165) is 18.5 Å². The first-order valence-electron chi connectivity index (χ1n) is 4.69. The van der Waals surface area contributed by atoms with Crippen LogP contribution >= 0.6 is 11.6 Å². The van der Waals surface area contributed by atoms with Gasteiger partial charge in [-0.25, -0.2) is 0 Å². The minimum atomic E-state index is 0.252.